The van der Waals surface area contributed by atoms with Crippen LogP contribution in [0.25, 0.3) is 11.5 Å². The summed E-state index contributed by atoms with van der Waals surface area (Å²) < 4.78 is 69.1. The van der Waals surface area contributed by atoms with Crippen molar-refractivity contribution in [2.75, 3.05) is 5.73 Å². The molecular weight excluding hydrogens is 249 g/mol. The Balaban J connectivity index is 2.78. The molecule has 0 fully saturated rings. The lowest BCUT2D eigenvalue weighted by Gasteiger charge is -2.03. The van der Waals surface area contributed by atoms with Crippen molar-refractivity contribution in [3.8, 4) is 11.5 Å². The van der Waals surface area contributed by atoms with Gasteiger partial charge in [-0.25, -0.2) is 22.0 Å². The fourth-order valence-electron chi connectivity index (χ4n) is 1.13. The lowest BCUT2D eigenvalue weighted by molar-refractivity contribution is 0.378. The van der Waals surface area contributed by atoms with Gasteiger partial charge in [-0.1, -0.05) is 5.10 Å². The molecule has 1 aromatic heterocycles. The van der Waals surface area contributed by atoms with E-state index < -0.39 is 46.6 Å². The molecule has 90 valence electrons. The van der Waals surface area contributed by atoms with Crippen LogP contribution < -0.4 is 5.73 Å². The second-order valence-electron chi connectivity index (χ2n) is 2.89. The number of anilines is 1. The van der Waals surface area contributed by atoms with Gasteiger partial charge in [0.15, 0.2) is 23.3 Å². The maximum Gasteiger partial charge on any atom is 0.313 e. The zero-order valence-corrected chi connectivity index (χ0v) is 7.77. The molecule has 9 heteroatoms. The number of benzene rings is 1. The van der Waals surface area contributed by atoms with Crippen molar-refractivity contribution in [1.29, 1.82) is 0 Å². The van der Waals surface area contributed by atoms with Crippen molar-refractivity contribution in [2.45, 2.75) is 0 Å². The number of hydrogen-bond donors (Lipinski definition) is 1. The smallest absolute Gasteiger partial charge is 0.313 e. The molecule has 0 saturated heterocycles. The van der Waals surface area contributed by atoms with Crippen molar-refractivity contribution in [3.05, 3.63) is 29.1 Å². The van der Waals surface area contributed by atoms with Crippen molar-refractivity contribution in [3.63, 3.8) is 0 Å². The summed E-state index contributed by atoms with van der Waals surface area (Å²) in [5.41, 5.74) is 3.66. The minimum absolute atomic E-state index is 0.566. The maximum atomic E-state index is 13.2. The molecule has 0 unspecified atom stereocenters. The van der Waals surface area contributed by atoms with Crippen molar-refractivity contribution < 1.29 is 26.4 Å². The first-order chi connectivity index (χ1) is 7.93. The summed E-state index contributed by atoms with van der Waals surface area (Å²) in [6.45, 7) is 0. The Bertz CT molecular complexity index is 568. The van der Waals surface area contributed by atoms with Crippen LogP contribution in [0.3, 0.4) is 0 Å². The van der Waals surface area contributed by atoms with E-state index in [9.17, 15) is 22.0 Å². The van der Waals surface area contributed by atoms with E-state index in [0.717, 1.165) is 0 Å². The summed E-state index contributed by atoms with van der Waals surface area (Å²) in [4.78, 5) is 0. The Labute approximate surface area is 89.9 Å². The number of nitrogens with two attached hydrogens (primary N) is 1. The zero-order valence-electron chi connectivity index (χ0n) is 7.77. The normalized spacial score (nSPS) is 10.9. The van der Waals surface area contributed by atoms with Crippen LogP contribution in [0.4, 0.5) is 28.0 Å². The van der Waals surface area contributed by atoms with Gasteiger partial charge < -0.3 is 10.2 Å². The van der Waals surface area contributed by atoms with E-state index >= 15 is 0 Å². The Kier molecular flexibility index (Phi) is 2.45. The van der Waals surface area contributed by atoms with Gasteiger partial charge in [0.05, 0.1) is 0 Å². The highest BCUT2D eigenvalue weighted by Crippen LogP contribution is 2.30. The SMILES string of the molecule is Nc1nnc(-c2c(F)c(F)c(F)c(F)c2F)o1. The highest BCUT2D eigenvalue weighted by atomic mass is 19.2. The highest BCUT2D eigenvalue weighted by Gasteiger charge is 2.29. The average Bonchev–Trinajstić information content (AvgIpc) is 2.71. The van der Waals surface area contributed by atoms with Crippen LogP contribution in [-0.4, -0.2) is 10.2 Å². The maximum absolute atomic E-state index is 13.2. The van der Waals surface area contributed by atoms with Gasteiger partial charge in [0, 0.05) is 0 Å². The molecule has 0 aliphatic heterocycles. The molecule has 0 radical (unpaired) electrons. The third-order valence-electron chi connectivity index (χ3n) is 1.86. The van der Waals surface area contributed by atoms with Crippen LogP contribution in [0, 0.1) is 29.1 Å². The third-order valence-corrected chi connectivity index (χ3v) is 1.86. The summed E-state index contributed by atoms with van der Waals surface area (Å²) in [7, 11) is 0. The van der Waals surface area contributed by atoms with Crippen molar-refractivity contribution in [1.82, 2.24) is 10.2 Å². The molecular formula is C8H2F5N3O. The number of hydrogen-bond acceptors (Lipinski definition) is 4. The molecule has 0 aliphatic rings. The molecule has 2 N–H and O–H groups in total. The van der Waals surface area contributed by atoms with Crippen molar-refractivity contribution >= 4 is 6.01 Å². The van der Waals surface area contributed by atoms with Crippen LogP contribution in [-0.2, 0) is 0 Å². The quantitative estimate of drug-likeness (QED) is 0.478. The van der Waals surface area contributed by atoms with Crippen LogP contribution in [0.15, 0.2) is 4.42 Å². The molecule has 0 bridgehead atoms. The average molecular weight is 251 g/mol. The van der Waals surface area contributed by atoms with E-state index in [1.807, 2.05) is 0 Å². The van der Waals surface area contributed by atoms with E-state index in [1.165, 1.54) is 0 Å². The molecule has 0 amide bonds. The van der Waals surface area contributed by atoms with E-state index in [2.05, 4.69) is 14.6 Å². The minimum Gasteiger partial charge on any atom is -0.403 e. The van der Waals surface area contributed by atoms with Gasteiger partial charge >= 0.3 is 6.01 Å². The van der Waals surface area contributed by atoms with E-state index in [1.54, 1.807) is 0 Å². The molecule has 0 spiro atoms. The van der Waals surface area contributed by atoms with Gasteiger partial charge in [-0.15, -0.1) is 5.10 Å². The Morgan fingerprint density at radius 1 is 0.765 bits per heavy atom. The van der Waals surface area contributed by atoms with Crippen LogP contribution in [0.5, 0.6) is 0 Å². The largest absolute Gasteiger partial charge is 0.403 e. The lowest BCUT2D eigenvalue weighted by Crippen LogP contribution is -2.04. The summed E-state index contributed by atoms with van der Waals surface area (Å²) in [6.07, 6.45) is 0. The van der Waals surface area contributed by atoms with Crippen LogP contribution in [0.2, 0.25) is 0 Å². The minimum atomic E-state index is -2.27. The predicted molar refractivity (Wildman–Crippen MR) is 43.9 cm³/mol. The first-order valence-electron chi connectivity index (χ1n) is 4.04. The standard InChI is InChI=1S/C8H2F5N3O/c9-2-1(7-15-16-8(14)17-7)3(10)5(12)6(13)4(2)11/h(H2,14,16). The summed E-state index contributed by atoms with van der Waals surface area (Å²) in [5, 5.41) is 6.09. The number of nitrogen functional groups attached to an aromatic ring is 1. The fourth-order valence-corrected chi connectivity index (χ4v) is 1.13. The number of aromatic nitrogens is 2. The monoisotopic (exact) mass is 251 g/mol. The molecule has 17 heavy (non-hydrogen) atoms. The fraction of sp³-hybridized carbons (Fsp3) is 0. The molecule has 1 heterocycles. The Morgan fingerprint density at radius 2 is 1.24 bits per heavy atom. The Morgan fingerprint density at radius 3 is 1.65 bits per heavy atom. The van der Waals surface area contributed by atoms with Crippen LogP contribution in [0.1, 0.15) is 0 Å². The van der Waals surface area contributed by atoms with Crippen molar-refractivity contribution in [2.24, 2.45) is 0 Å². The summed E-state index contributed by atoms with van der Waals surface area (Å²) in [5.74, 6) is -11.5. The van der Waals surface area contributed by atoms with E-state index in [4.69, 9.17) is 5.73 Å². The topological polar surface area (TPSA) is 64.9 Å². The molecule has 1 aromatic carbocycles. The molecule has 0 aliphatic carbocycles. The second kappa shape index (κ2) is 3.68. The first kappa shape index (κ1) is 11.3. The first-order valence-corrected chi connectivity index (χ1v) is 4.04. The number of rotatable bonds is 1. The Hall–Kier alpha value is -2.19. The summed E-state index contributed by atoms with van der Waals surface area (Å²) in [6, 6.07) is -0.566. The van der Waals surface area contributed by atoms with Gasteiger partial charge in [-0.2, -0.15) is 0 Å². The molecule has 2 aromatic rings. The zero-order chi connectivity index (χ0) is 12.7. The highest BCUT2D eigenvalue weighted by molar-refractivity contribution is 5.56. The third kappa shape index (κ3) is 1.59. The predicted octanol–water partition coefficient (Wildman–Crippen LogP) is 2.01. The number of halogens is 5. The molecule has 0 atom stereocenters. The molecule has 2 rings (SSSR count). The molecule has 0 saturated carbocycles. The molecule has 4 nitrogen and oxygen atoms in total. The van der Waals surface area contributed by atoms with Gasteiger partial charge in [-0.05, 0) is 0 Å². The van der Waals surface area contributed by atoms with Crippen LogP contribution >= 0.6 is 0 Å². The van der Waals surface area contributed by atoms with Gasteiger partial charge in [0.1, 0.15) is 5.56 Å². The summed E-state index contributed by atoms with van der Waals surface area (Å²) >= 11 is 0. The second-order valence-corrected chi connectivity index (χ2v) is 2.89. The van der Waals surface area contributed by atoms with E-state index in [-0.39, 0.29) is 0 Å². The van der Waals surface area contributed by atoms with E-state index in [0.29, 0.717) is 0 Å². The number of nitrogens with zero attached hydrogens (tertiary/aromatic N) is 2. The van der Waals surface area contributed by atoms with Gasteiger partial charge in [-0.3, -0.25) is 0 Å². The van der Waals surface area contributed by atoms with Gasteiger partial charge in [0.2, 0.25) is 5.82 Å². The van der Waals surface area contributed by atoms with Gasteiger partial charge in [0.25, 0.3) is 5.89 Å². The lowest BCUT2D eigenvalue weighted by atomic mass is 10.1.